The number of nitrogens with one attached hydrogen (secondary N) is 1. The second-order valence-corrected chi connectivity index (χ2v) is 12.4. The minimum atomic E-state index is -0.489. The van der Waals surface area contributed by atoms with Crippen LogP contribution in [-0.4, -0.2) is 60.9 Å². The number of aryl methyl sites for hydroxylation is 2. The Morgan fingerprint density at radius 3 is 2.44 bits per heavy atom. The number of rotatable bonds is 8. The molecule has 1 N–H and O–H groups in total. The summed E-state index contributed by atoms with van der Waals surface area (Å²) in [7, 11) is 0. The zero-order valence-electron chi connectivity index (χ0n) is 24.0. The lowest BCUT2D eigenvalue weighted by Crippen LogP contribution is -2.50. The number of aromatic nitrogens is 4. The van der Waals surface area contributed by atoms with Gasteiger partial charge in [-0.1, -0.05) is 27.7 Å². The summed E-state index contributed by atoms with van der Waals surface area (Å²) in [5, 5.41) is 8.39. The third-order valence-corrected chi connectivity index (χ3v) is 8.69. The van der Waals surface area contributed by atoms with Crippen molar-refractivity contribution >= 4 is 28.5 Å². The van der Waals surface area contributed by atoms with Gasteiger partial charge in [0, 0.05) is 42.9 Å². The van der Waals surface area contributed by atoms with Gasteiger partial charge in [0.1, 0.15) is 24.1 Å². The maximum absolute atomic E-state index is 13.8. The van der Waals surface area contributed by atoms with Crippen LogP contribution in [0.15, 0.2) is 24.5 Å². The van der Waals surface area contributed by atoms with Crippen LogP contribution in [0.1, 0.15) is 75.8 Å². The first-order chi connectivity index (χ1) is 18.3. The van der Waals surface area contributed by atoms with E-state index >= 15 is 0 Å². The van der Waals surface area contributed by atoms with E-state index in [1.54, 1.807) is 22.0 Å². The highest BCUT2D eigenvalue weighted by Gasteiger charge is 2.64. The number of carbonyl (C=O) groups is 3. The number of carbonyl (C=O) groups excluding carboxylic acids is 3. The quantitative estimate of drug-likeness (QED) is 0.436. The summed E-state index contributed by atoms with van der Waals surface area (Å²) >= 11 is 0. The first-order valence-corrected chi connectivity index (χ1v) is 13.7. The molecule has 5 rings (SSSR count). The van der Waals surface area contributed by atoms with E-state index in [4.69, 9.17) is 0 Å². The van der Waals surface area contributed by atoms with Gasteiger partial charge >= 0.3 is 0 Å². The molecule has 9 nitrogen and oxygen atoms in total. The number of hydrogen-bond acceptors (Lipinski definition) is 6. The van der Waals surface area contributed by atoms with Crippen molar-refractivity contribution in [2.24, 2.45) is 10.8 Å². The maximum atomic E-state index is 13.8. The van der Waals surface area contributed by atoms with Crippen molar-refractivity contribution in [3.05, 3.63) is 41.6 Å². The molecular weight excluding hydrogens is 492 g/mol. The second kappa shape index (κ2) is 9.54. The summed E-state index contributed by atoms with van der Waals surface area (Å²) in [6.45, 7) is 14.3. The van der Waals surface area contributed by atoms with Crippen molar-refractivity contribution in [1.82, 2.24) is 30.0 Å². The molecule has 0 radical (unpaired) electrons. The van der Waals surface area contributed by atoms with Crippen LogP contribution in [0.5, 0.6) is 0 Å². The fourth-order valence-corrected chi connectivity index (χ4v) is 5.75. The Morgan fingerprint density at radius 1 is 1.10 bits per heavy atom. The summed E-state index contributed by atoms with van der Waals surface area (Å²) in [6.07, 6.45) is 6.04. The number of likely N-dealkylation sites (tertiary alicyclic amines) is 1. The van der Waals surface area contributed by atoms with E-state index in [0.717, 1.165) is 35.0 Å². The molecule has 3 aromatic rings. The fraction of sp³-hybridized carbons (Fsp3) is 0.533. The van der Waals surface area contributed by atoms with E-state index in [9.17, 15) is 14.4 Å². The van der Waals surface area contributed by atoms with Gasteiger partial charge in [-0.2, -0.15) is 5.10 Å². The van der Waals surface area contributed by atoms with Gasteiger partial charge in [0.2, 0.25) is 11.8 Å². The molecular formula is C30H38N6O3. The molecule has 1 aromatic carbocycles. The molecule has 3 heterocycles. The molecule has 9 heteroatoms. The summed E-state index contributed by atoms with van der Waals surface area (Å²) < 4.78 is 1.63. The van der Waals surface area contributed by atoms with E-state index in [0.29, 0.717) is 29.9 Å². The Balaban J connectivity index is 1.45. The van der Waals surface area contributed by atoms with Crippen molar-refractivity contribution in [3.63, 3.8) is 0 Å². The van der Waals surface area contributed by atoms with Crippen LogP contribution in [0, 0.1) is 24.7 Å². The molecule has 1 aliphatic heterocycles. The Kier molecular flexibility index (Phi) is 6.59. The van der Waals surface area contributed by atoms with Gasteiger partial charge < -0.3 is 10.2 Å². The van der Waals surface area contributed by atoms with Crippen molar-refractivity contribution < 1.29 is 14.4 Å². The van der Waals surface area contributed by atoms with Gasteiger partial charge in [-0.3, -0.25) is 19.1 Å². The molecule has 39 heavy (non-hydrogen) atoms. The molecule has 2 aliphatic rings. The third kappa shape index (κ3) is 4.94. The normalized spacial score (nSPS) is 22.2. The number of nitrogens with zero attached hydrogens (tertiary/aromatic N) is 5. The molecule has 1 unspecified atom stereocenters. The van der Waals surface area contributed by atoms with Crippen LogP contribution in [0.25, 0.3) is 22.0 Å². The van der Waals surface area contributed by atoms with Crippen LogP contribution >= 0.6 is 0 Å². The fourth-order valence-electron chi connectivity index (χ4n) is 5.75. The van der Waals surface area contributed by atoms with Crippen molar-refractivity contribution in [3.8, 4) is 11.1 Å². The summed E-state index contributed by atoms with van der Waals surface area (Å²) in [5.74, 6) is 0.275. The lowest BCUT2D eigenvalue weighted by molar-refractivity contribution is -0.140. The Labute approximate surface area is 229 Å². The highest BCUT2D eigenvalue weighted by molar-refractivity contribution is 6.07. The van der Waals surface area contributed by atoms with Gasteiger partial charge in [-0.25, -0.2) is 9.97 Å². The number of hydrogen-bond donors (Lipinski definition) is 1. The zero-order chi connectivity index (χ0) is 28.3. The monoisotopic (exact) mass is 530 g/mol. The maximum Gasteiger partial charge on any atom is 0.245 e. The Bertz CT molecular complexity index is 1470. The summed E-state index contributed by atoms with van der Waals surface area (Å²) in [6, 6.07) is 3.49. The molecule has 2 amide bonds. The molecule has 206 valence electrons. The highest BCUT2D eigenvalue weighted by Crippen LogP contribution is 2.59. The van der Waals surface area contributed by atoms with E-state index in [1.165, 1.54) is 6.92 Å². The van der Waals surface area contributed by atoms with Crippen molar-refractivity contribution in [2.45, 2.75) is 86.4 Å². The van der Waals surface area contributed by atoms with Crippen molar-refractivity contribution in [2.75, 3.05) is 6.54 Å². The summed E-state index contributed by atoms with van der Waals surface area (Å²) in [5.41, 5.74) is 3.66. The second-order valence-electron chi connectivity index (χ2n) is 12.4. The predicted octanol–water partition coefficient (Wildman–Crippen LogP) is 4.24. The molecule has 1 aliphatic carbocycles. The number of Topliss-reactive ketones (excluding diaryl/α,β-unsaturated/α-hetero) is 1. The Hall–Kier alpha value is -3.62. The van der Waals surface area contributed by atoms with Crippen LogP contribution in [-0.2, 0) is 16.1 Å². The Morgan fingerprint density at radius 2 is 1.79 bits per heavy atom. The van der Waals surface area contributed by atoms with Gasteiger partial charge in [0.25, 0.3) is 0 Å². The smallest absolute Gasteiger partial charge is 0.245 e. The molecule has 0 bridgehead atoms. The van der Waals surface area contributed by atoms with Gasteiger partial charge in [-0.15, -0.1) is 0 Å². The molecule has 1 saturated heterocycles. The SMILES string of the molecule is CCC(C)(C)CNC(=O)[C@@H]1C[C@@]2(C)CC2N1C(=O)Cn1nc(C(C)=O)c2cc(-c3cnc(C)nc3)cc(C)c21. The third-order valence-electron chi connectivity index (χ3n) is 8.69. The number of piperidine rings is 1. The topological polar surface area (TPSA) is 110 Å². The molecule has 2 aromatic heterocycles. The van der Waals surface area contributed by atoms with Gasteiger partial charge in [-0.05, 0) is 67.2 Å². The lowest BCUT2D eigenvalue weighted by atomic mass is 9.90. The van der Waals surface area contributed by atoms with Crippen molar-refractivity contribution in [1.29, 1.82) is 0 Å². The van der Waals surface area contributed by atoms with E-state index in [2.05, 4.69) is 48.1 Å². The van der Waals surface area contributed by atoms with Crippen LogP contribution < -0.4 is 5.32 Å². The van der Waals surface area contributed by atoms with E-state index < -0.39 is 6.04 Å². The number of benzene rings is 1. The average Bonchev–Trinajstić information content (AvgIpc) is 3.24. The number of fused-ring (bicyclic) bond motifs is 2. The predicted molar refractivity (Wildman–Crippen MR) is 149 cm³/mol. The molecule has 2 fully saturated rings. The molecule has 3 atom stereocenters. The molecule has 0 spiro atoms. The summed E-state index contributed by atoms with van der Waals surface area (Å²) in [4.78, 5) is 50.0. The lowest BCUT2D eigenvalue weighted by Gasteiger charge is -2.29. The van der Waals surface area contributed by atoms with Crippen LogP contribution in [0.4, 0.5) is 0 Å². The minimum Gasteiger partial charge on any atom is -0.354 e. The first kappa shape index (κ1) is 27.0. The minimum absolute atomic E-state index is 0.00588. The van der Waals surface area contributed by atoms with Gasteiger partial charge in [0.15, 0.2) is 5.78 Å². The standard InChI is InChI=1S/C30H38N6O3/c1-8-29(5,6)16-33-28(39)23-11-30(7)12-24(30)36(23)25(38)15-35-27-17(2)9-20(21-13-31-19(4)32-14-21)10-22(27)26(34-35)18(3)37/h9-10,13-14,23-24H,8,11-12,15-16H2,1-7H3,(H,33,39)/t23-,24?,30-/m0/s1. The average molecular weight is 531 g/mol. The van der Waals surface area contributed by atoms with Crippen LogP contribution in [0.2, 0.25) is 0 Å². The first-order valence-electron chi connectivity index (χ1n) is 13.7. The van der Waals surface area contributed by atoms with Crippen LogP contribution in [0.3, 0.4) is 0 Å². The van der Waals surface area contributed by atoms with E-state index in [1.807, 2.05) is 26.0 Å². The zero-order valence-corrected chi connectivity index (χ0v) is 24.0. The molecule has 1 saturated carbocycles. The number of ketones is 1. The largest absolute Gasteiger partial charge is 0.354 e. The highest BCUT2D eigenvalue weighted by atomic mass is 16.2. The van der Waals surface area contributed by atoms with Gasteiger partial charge in [0.05, 0.1) is 5.52 Å². The number of amides is 2. The van der Waals surface area contributed by atoms with E-state index in [-0.39, 0.29) is 41.0 Å².